The molecule has 0 spiro atoms. The van der Waals surface area contributed by atoms with Crippen LogP contribution in [0.2, 0.25) is 0 Å². The number of hydrogen-bond acceptors (Lipinski definition) is 2. The monoisotopic (exact) mass is 248 g/mol. The quantitative estimate of drug-likeness (QED) is 0.891. The minimum absolute atomic E-state index is 0.00734. The Hall–Kier alpha value is -1.72. The predicted molar refractivity (Wildman–Crippen MR) is 54.0 cm³/mol. The molecule has 0 bridgehead atoms. The zero-order chi connectivity index (χ0) is 13.1. The second-order valence-electron chi connectivity index (χ2n) is 3.54. The van der Waals surface area contributed by atoms with Gasteiger partial charge in [0.05, 0.1) is 5.92 Å². The molecule has 0 aliphatic rings. The molecule has 0 heterocycles. The van der Waals surface area contributed by atoms with Gasteiger partial charge in [0, 0.05) is 0 Å². The Kier molecular flexibility index (Phi) is 3.98. The Balaban J connectivity index is 2.76. The molecule has 0 amide bonds. The molecular formula is C11H11F3O3. The molecular weight excluding hydrogens is 237 g/mol. The third-order valence-corrected chi connectivity index (χ3v) is 2.13. The van der Waals surface area contributed by atoms with Gasteiger partial charge in [0.15, 0.2) is 6.61 Å². The normalized spacial score (nSPS) is 13.2. The number of alkyl halides is 3. The maximum atomic E-state index is 11.9. The minimum atomic E-state index is -4.41. The number of rotatable bonds is 4. The van der Waals surface area contributed by atoms with E-state index in [1.165, 1.54) is 31.2 Å². The maximum absolute atomic E-state index is 11.9. The van der Waals surface area contributed by atoms with Crippen LogP contribution in [-0.2, 0) is 4.79 Å². The Morgan fingerprint density at radius 2 is 2.12 bits per heavy atom. The molecule has 6 heteroatoms. The van der Waals surface area contributed by atoms with Crippen molar-refractivity contribution in [3.8, 4) is 5.75 Å². The molecule has 1 aromatic carbocycles. The maximum Gasteiger partial charge on any atom is 0.422 e. The van der Waals surface area contributed by atoms with Crippen molar-refractivity contribution in [2.24, 2.45) is 0 Å². The number of carboxylic acids is 1. The molecule has 3 nitrogen and oxygen atoms in total. The zero-order valence-corrected chi connectivity index (χ0v) is 8.99. The second kappa shape index (κ2) is 5.07. The Bertz CT molecular complexity index is 401. The number of aliphatic carboxylic acids is 1. The number of hydrogen-bond donors (Lipinski definition) is 1. The summed E-state index contributed by atoms with van der Waals surface area (Å²) >= 11 is 0. The summed E-state index contributed by atoms with van der Waals surface area (Å²) in [4.78, 5) is 10.7. The average Bonchev–Trinajstić information content (AvgIpc) is 2.24. The van der Waals surface area contributed by atoms with E-state index in [2.05, 4.69) is 4.74 Å². The Labute approximate surface area is 95.8 Å². The SMILES string of the molecule is CC(C(=O)O)c1cccc(OCC(F)(F)F)c1. The first kappa shape index (κ1) is 13.3. The summed E-state index contributed by atoms with van der Waals surface area (Å²) in [6, 6.07) is 5.63. The highest BCUT2D eigenvalue weighted by molar-refractivity contribution is 5.75. The molecule has 0 aromatic heterocycles. The van der Waals surface area contributed by atoms with Crippen molar-refractivity contribution in [2.45, 2.75) is 19.0 Å². The summed E-state index contributed by atoms with van der Waals surface area (Å²) in [5, 5.41) is 8.76. The molecule has 1 rings (SSSR count). The van der Waals surface area contributed by atoms with Crippen LogP contribution in [0.25, 0.3) is 0 Å². The lowest BCUT2D eigenvalue weighted by atomic mass is 10.0. The van der Waals surface area contributed by atoms with E-state index in [9.17, 15) is 18.0 Å². The summed E-state index contributed by atoms with van der Waals surface area (Å²) in [6.45, 7) is 0.0586. The van der Waals surface area contributed by atoms with Crippen LogP contribution in [0.5, 0.6) is 5.75 Å². The minimum Gasteiger partial charge on any atom is -0.484 e. The standard InChI is InChI=1S/C11H11F3O3/c1-7(10(15)16)8-3-2-4-9(5-8)17-6-11(12,13)14/h2-5,7H,6H2,1H3,(H,15,16). The zero-order valence-electron chi connectivity index (χ0n) is 8.99. The van der Waals surface area contributed by atoms with Crippen LogP contribution in [0.4, 0.5) is 13.2 Å². The number of carboxylic acid groups (broad SMARTS) is 1. The lowest BCUT2D eigenvalue weighted by Crippen LogP contribution is -2.19. The summed E-state index contributed by atoms with van der Waals surface area (Å²) in [5.41, 5.74) is 0.400. The molecule has 1 atom stereocenters. The molecule has 0 aliphatic heterocycles. The lowest BCUT2D eigenvalue weighted by molar-refractivity contribution is -0.153. The molecule has 1 N–H and O–H groups in total. The van der Waals surface area contributed by atoms with Gasteiger partial charge in [-0.2, -0.15) is 13.2 Å². The number of carbonyl (C=O) groups is 1. The fourth-order valence-corrected chi connectivity index (χ4v) is 1.18. The molecule has 1 aromatic rings. The van der Waals surface area contributed by atoms with Crippen molar-refractivity contribution in [3.05, 3.63) is 29.8 Å². The average molecular weight is 248 g/mol. The third-order valence-electron chi connectivity index (χ3n) is 2.13. The van der Waals surface area contributed by atoms with E-state index in [4.69, 9.17) is 5.11 Å². The van der Waals surface area contributed by atoms with E-state index in [0.29, 0.717) is 5.56 Å². The van der Waals surface area contributed by atoms with Crippen LogP contribution in [0, 0.1) is 0 Å². The highest BCUT2D eigenvalue weighted by Gasteiger charge is 2.28. The third kappa shape index (κ3) is 4.34. The van der Waals surface area contributed by atoms with Crippen LogP contribution in [-0.4, -0.2) is 23.9 Å². The first-order valence-corrected chi connectivity index (χ1v) is 4.82. The molecule has 0 radical (unpaired) electrons. The number of halogens is 3. The van der Waals surface area contributed by atoms with Gasteiger partial charge in [-0.05, 0) is 24.6 Å². The number of ether oxygens (including phenoxy) is 1. The molecule has 94 valence electrons. The van der Waals surface area contributed by atoms with E-state index < -0.39 is 24.7 Å². The second-order valence-corrected chi connectivity index (χ2v) is 3.54. The van der Waals surface area contributed by atoms with Crippen molar-refractivity contribution in [1.82, 2.24) is 0 Å². The molecule has 0 fully saturated rings. The molecule has 1 unspecified atom stereocenters. The van der Waals surface area contributed by atoms with Gasteiger partial charge in [-0.3, -0.25) is 4.79 Å². The lowest BCUT2D eigenvalue weighted by Gasteiger charge is -2.11. The van der Waals surface area contributed by atoms with Crippen LogP contribution in [0.3, 0.4) is 0 Å². The van der Waals surface area contributed by atoms with E-state index >= 15 is 0 Å². The van der Waals surface area contributed by atoms with E-state index in [1.54, 1.807) is 0 Å². The highest BCUT2D eigenvalue weighted by Crippen LogP contribution is 2.23. The van der Waals surface area contributed by atoms with Crippen molar-refractivity contribution in [1.29, 1.82) is 0 Å². The van der Waals surface area contributed by atoms with Gasteiger partial charge in [0.1, 0.15) is 5.75 Å². The summed E-state index contributed by atoms with van der Waals surface area (Å²) < 4.78 is 40.3. The van der Waals surface area contributed by atoms with Crippen LogP contribution in [0.15, 0.2) is 24.3 Å². The first-order chi connectivity index (χ1) is 7.79. The highest BCUT2D eigenvalue weighted by atomic mass is 19.4. The molecule has 0 saturated carbocycles. The first-order valence-electron chi connectivity index (χ1n) is 4.82. The molecule has 17 heavy (non-hydrogen) atoms. The van der Waals surface area contributed by atoms with Crippen molar-refractivity contribution < 1.29 is 27.8 Å². The Morgan fingerprint density at radius 1 is 1.47 bits per heavy atom. The van der Waals surface area contributed by atoms with Gasteiger partial charge in [-0.1, -0.05) is 12.1 Å². The van der Waals surface area contributed by atoms with Gasteiger partial charge >= 0.3 is 12.1 Å². The summed E-state index contributed by atoms with van der Waals surface area (Å²) in [6.07, 6.45) is -4.41. The largest absolute Gasteiger partial charge is 0.484 e. The van der Waals surface area contributed by atoms with Crippen molar-refractivity contribution in [2.75, 3.05) is 6.61 Å². The van der Waals surface area contributed by atoms with E-state index in [0.717, 1.165) is 0 Å². The fourth-order valence-electron chi connectivity index (χ4n) is 1.18. The van der Waals surface area contributed by atoms with E-state index in [-0.39, 0.29) is 5.75 Å². The summed E-state index contributed by atoms with van der Waals surface area (Å²) in [7, 11) is 0. The fraction of sp³-hybridized carbons (Fsp3) is 0.364. The van der Waals surface area contributed by atoms with Gasteiger partial charge in [0.25, 0.3) is 0 Å². The van der Waals surface area contributed by atoms with Gasteiger partial charge in [-0.15, -0.1) is 0 Å². The predicted octanol–water partition coefficient (Wildman–Crippen LogP) is 2.82. The Morgan fingerprint density at radius 3 is 2.65 bits per heavy atom. The van der Waals surface area contributed by atoms with Crippen molar-refractivity contribution in [3.63, 3.8) is 0 Å². The molecule has 0 aliphatic carbocycles. The van der Waals surface area contributed by atoms with Crippen LogP contribution >= 0.6 is 0 Å². The van der Waals surface area contributed by atoms with Crippen molar-refractivity contribution >= 4 is 5.97 Å². The van der Waals surface area contributed by atoms with Crippen LogP contribution < -0.4 is 4.74 Å². The topological polar surface area (TPSA) is 46.5 Å². The summed E-state index contributed by atoms with van der Waals surface area (Å²) in [5.74, 6) is -1.82. The van der Waals surface area contributed by atoms with Crippen LogP contribution in [0.1, 0.15) is 18.4 Å². The van der Waals surface area contributed by atoms with Gasteiger partial charge in [0.2, 0.25) is 0 Å². The smallest absolute Gasteiger partial charge is 0.422 e. The van der Waals surface area contributed by atoms with Gasteiger partial charge < -0.3 is 9.84 Å². The number of benzene rings is 1. The van der Waals surface area contributed by atoms with E-state index in [1.807, 2.05) is 0 Å². The van der Waals surface area contributed by atoms with Gasteiger partial charge in [-0.25, -0.2) is 0 Å². The molecule has 0 saturated heterocycles.